The van der Waals surface area contributed by atoms with Gasteiger partial charge < -0.3 is 14.5 Å². The third-order valence-electron chi connectivity index (χ3n) is 4.87. The topological polar surface area (TPSA) is 36.0 Å². The Bertz CT molecular complexity index is 319. The van der Waals surface area contributed by atoms with Crippen LogP contribution in [0.25, 0.3) is 0 Å². The van der Waals surface area contributed by atoms with Crippen LogP contribution in [-0.2, 0) is 9.53 Å². The van der Waals surface area contributed by atoms with Crippen molar-refractivity contribution in [3.05, 3.63) is 0 Å². The number of hydrogen-bond donors (Lipinski definition) is 0. The molecule has 5 nitrogen and oxygen atoms in total. The van der Waals surface area contributed by atoms with Gasteiger partial charge in [-0.15, -0.1) is 0 Å². The number of piperidine rings is 1. The van der Waals surface area contributed by atoms with Gasteiger partial charge >= 0.3 is 5.97 Å². The first-order chi connectivity index (χ1) is 9.55. The fourth-order valence-corrected chi connectivity index (χ4v) is 3.40. The van der Waals surface area contributed by atoms with Crippen LogP contribution in [0.3, 0.4) is 0 Å². The second-order valence-electron chi connectivity index (χ2n) is 6.30. The minimum atomic E-state index is -0.0315. The molecule has 2 saturated heterocycles. The van der Waals surface area contributed by atoms with Crippen LogP contribution in [0.4, 0.5) is 0 Å². The van der Waals surface area contributed by atoms with Crippen LogP contribution in [0.2, 0.25) is 0 Å². The Morgan fingerprint density at radius 2 is 1.55 bits per heavy atom. The molecule has 2 aliphatic heterocycles. The fourth-order valence-electron chi connectivity index (χ4n) is 3.40. The minimum Gasteiger partial charge on any atom is -0.466 e. The number of rotatable bonds is 4. The van der Waals surface area contributed by atoms with Crippen molar-refractivity contribution in [2.75, 3.05) is 60.0 Å². The number of ether oxygens (including phenoxy) is 1. The standard InChI is InChI=1S/C15H29N3O2/c1-4-20-14(19)13-15(5-7-16(2)8-6-15)18-11-9-17(3)10-12-18/h4-13H2,1-3H3. The molecule has 2 fully saturated rings. The summed E-state index contributed by atoms with van der Waals surface area (Å²) in [4.78, 5) is 19.3. The minimum absolute atomic E-state index is 0.0278. The second-order valence-corrected chi connectivity index (χ2v) is 6.30. The maximum Gasteiger partial charge on any atom is 0.307 e. The molecule has 0 aromatic rings. The molecule has 2 heterocycles. The van der Waals surface area contributed by atoms with E-state index in [0.29, 0.717) is 13.0 Å². The van der Waals surface area contributed by atoms with E-state index >= 15 is 0 Å². The fraction of sp³-hybridized carbons (Fsp3) is 0.933. The number of carbonyl (C=O) groups excluding carboxylic acids is 1. The number of carbonyl (C=O) groups is 1. The lowest BCUT2D eigenvalue weighted by Crippen LogP contribution is -2.60. The van der Waals surface area contributed by atoms with Gasteiger partial charge in [0.2, 0.25) is 0 Å². The van der Waals surface area contributed by atoms with Gasteiger partial charge in [0.1, 0.15) is 0 Å². The quantitative estimate of drug-likeness (QED) is 0.708. The molecule has 0 saturated carbocycles. The van der Waals surface area contributed by atoms with Crippen LogP contribution < -0.4 is 0 Å². The molecule has 0 aliphatic carbocycles. The van der Waals surface area contributed by atoms with Gasteiger partial charge in [-0.05, 0) is 47.0 Å². The average molecular weight is 283 g/mol. The number of hydrogen-bond acceptors (Lipinski definition) is 5. The van der Waals surface area contributed by atoms with Gasteiger partial charge in [0, 0.05) is 31.7 Å². The average Bonchev–Trinajstić information content (AvgIpc) is 2.43. The molecular weight excluding hydrogens is 254 g/mol. The maximum atomic E-state index is 12.0. The maximum absolute atomic E-state index is 12.0. The van der Waals surface area contributed by atoms with Gasteiger partial charge in [-0.2, -0.15) is 0 Å². The van der Waals surface area contributed by atoms with Crippen molar-refractivity contribution in [3.8, 4) is 0 Å². The summed E-state index contributed by atoms with van der Waals surface area (Å²) >= 11 is 0. The summed E-state index contributed by atoms with van der Waals surface area (Å²) in [7, 11) is 4.34. The molecule has 0 radical (unpaired) electrons. The molecule has 0 amide bonds. The monoisotopic (exact) mass is 283 g/mol. The summed E-state index contributed by atoms with van der Waals surface area (Å²) in [5.74, 6) is -0.0315. The van der Waals surface area contributed by atoms with Crippen molar-refractivity contribution in [1.82, 2.24) is 14.7 Å². The molecule has 2 rings (SSSR count). The van der Waals surface area contributed by atoms with E-state index in [1.165, 1.54) is 0 Å². The zero-order valence-electron chi connectivity index (χ0n) is 13.2. The largest absolute Gasteiger partial charge is 0.466 e. The first-order valence-electron chi connectivity index (χ1n) is 7.83. The van der Waals surface area contributed by atoms with Crippen molar-refractivity contribution in [3.63, 3.8) is 0 Å². The predicted octanol–water partition coefficient (Wildman–Crippen LogP) is 0.651. The van der Waals surface area contributed by atoms with Crippen LogP contribution in [0.5, 0.6) is 0 Å². The lowest BCUT2D eigenvalue weighted by atomic mass is 9.82. The van der Waals surface area contributed by atoms with Crippen molar-refractivity contribution < 1.29 is 9.53 Å². The summed E-state index contributed by atoms with van der Waals surface area (Å²) in [5, 5.41) is 0. The van der Waals surface area contributed by atoms with Gasteiger partial charge in [-0.25, -0.2) is 0 Å². The lowest BCUT2D eigenvalue weighted by molar-refractivity contribution is -0.148. The Morgan fingerprint density at radius 3 is 2.10 bits per heavy atom. The molecule has 116 valence electrons. The molecule has 0 atom stereocenters. The van der Waals surface area contributed by atoms with E-state index in [9.17, 15) is 4.79 Å². The highest BCUT2D eigenvalue weighted by Gasteiger charge is 2.42. The van der Waals surface area contributed by atoms with Crippen molar-refractivity contribution in [2.24, 2.45) is 0 Å². The third-order valence-corrected chi connectivity index (χ3v) is 4.87. The predicted molar refractivity (Wildman–Crippen MR) is 79.8 cm³/mol. The van der Waals surface area contributed by atoms with Crippen molar-refractivity contribution >= 4 is 5.97 Å². The van der Waals surface area contributed by atoms with E-state index in [1.54, 1.807) is 0 Å². The summed E-state index contributed by atoms with van der Waals surface area (Å²) in [5.41, 5.74) is 0.0278. The van der Waals surface area contributed by atoms with Crippen LogP contribution in [0.1, 0.15) is 26.2 Å². The van der Waals surface area contributed by atoms with Gasteiger partial charge in [-0.1, -0.05) is 0 Å². The van der Waals surface area contributed by atoms with Gasteiger partial charge in [0.25, 0.3) is 0 Å². The van der Waals surface area contributed by atoms with Crippen molar-refractivity contribution in [1.29, 1.82) is 0 Å². The summed E-state index contributed by atoms with van der Waals surface area (Å²) < 4.78 is 5.22. The number of esters is 1. The zero-order chi connectivity index (χ0) is 14.6. The van der Waals surface area contributed by atoms with E-state index in [0.717, 1.165) is 52.1 Å². The Balaban J connectivity index is 2.05. The smallest absolute Gasteiger partial charge is 0.307 e. The zero-order valence-corrected chi connectivity index (χ0v) is 13.2. The highest BCUT2D eigenvalue weighted by Crippen LogP contribution is 2.33. The molecule has 0 N–H and O–H groups in total. The summed E-state index contributed by atoms with van der Waals surface area (Å²) in [6.45, 7) is 8.85. The second kappa shape index (κ2) is 6.87. The highest BCUT2D eigenvalue weighted by atomic mass is 16.5. The first kappa shape index (κ1) is 15.7. The normalized spacial score (nSPS) is 25.6. The van der Waals surface area contributed by atoms with E-state index in [4.69, 9.17) is 4.74 Å². The first-order valence-corrected chi connectivity index (χ1v) is 7.83. The summed E-state index contributed by atoms with van der Waals surface area (Å²) in [6.07, 6.45) is 2.70. The SMILES string of the molecule is CCOC(=O)CC1(N2CCN(C)CC2)CCN(C)CC1. The molecule has 0 aromatic carbocycles. The van der Waals surface area contributed by atoms with Gasteiger partial charge in [-0.3, -0.25) is 9.69 Å². The van der Waals surface area contributed by atoms with Gasteiger partial charge in [0.15, 0.2) is 0 Å². The molecular formula is C15H29N3O2. The lowest BCUT2D eigenvalue weighted by Gasteiger charge is -2.50. The molecule has 0 spiro atoms. The van der Waals surface area contributed by atoms with Crippen molar-refractivity contribution in [2.45, 2.75) is 31.7 Å². The number of nitrogens with zero attached hydrogens (tertiary/aromatic N) is 3. The molecule has 0 unspecified atom stereocenters. The van der Waals surface area contributed by atoms with E-state index < -0.39 is 0 Å². The number of likely N-dealkylation sites (tertiary alicyclic amines) is 1. The Hall–Kier alpha value is -0.650. The van der Waals surface area contributed by atoms with Crippen LogP contribution in [0.15, 0.2) is 0 Å². The Labute approximate surface area is 122 Å². The van der Waals surface area contributed by atoms with E-state index in [1.807, 2.05) is 6.92 Å². The van der Waals surface area contributed by atoms with Crippen LogP contribution in [-0.4, -0.2) is 86.2 Å². The molecule has 0 bridgehead atoms. The molecule has 20 heavy (non-hydrogen) atoms. The number of piperazine rings is 1. The van der Waals surface area contributed by atoms with Gasteiger partial charge in [0.05, 0.1) is 13.0 Å². The number of likely N-dealkylation sites (N-methyl/N-ethyl adjacent to an activating group) is 1. The highest BCUT2D eigenvalue weighted by molar-refractivity contribution is 5.71. The van der Waals surface area contributed by atoms with Crippen LogP contribution >= 0.6 is 0 Å². The Kier molecular flexibility index (Phi) is 5.41. The molecule has 2 aliphatic rings. The third kappa shape index (κ3) is 3.71. The van der Waals surface area contributed by atoms with Crippen LogP contribution in [0, 0.1) is 0 Å². The van der Waals surface area contributed by atoms with E-state index in [2.05, 4.69) is 28.8 Å². The molecule has 5 heteroatoms. The summed E-state index contributed by atoms with van der Waals surface area (Å²) in [6, 6.07) is 0. The molecule has 0 aromatic heterocycles. The Morgan fingerprint density at radius 1 is 1.00 bits per heavy atom. The van der Waals surface area contributed by atoms with E-state index in [-0.39, 0.29) is 11.5 Å².